The van der Waals surface area contributed by atoms with Crippen LogP contribution < -0.4 is 9.47 Å². The number of aliphatic hydroxyl groups is 1. The first kappa shape index (κ1) is 14.3. The summed E-state index contributed by atoms with van der Waals surface area (Å²) in [6.07, 6.45) is -0.551. The summed E-state index contributed by atoms with van der Waals surface area (Å²) < 4.78 is 10.5. The SMILES string of the molecule is COc1ccccc1OCC(=O)N(C)CC(C)O. The second kappa shape index (κ2) is 6.86. The summed E-state index contributed by atoms with van der Waals surface area (Å²) in [4.78, 5) is 13.1. The van der Waals surface area contributed by atoms with E-state index in [-0.39, 0.29) is 19.1 Å². The van der Waals surface area contributed by atoms with Crippen molar-refractivity contribution in [1.82, 2.24) is 4.90 Å². The highest BCUT2D eigenvalue weighted by Gasteiger charge is 2.12. The zero-order valence-electron chi connectivity index (χ0n) is 10.9. The molecule has 0 radical (unpaired) electrons. The normalized spacial score (nSPS) is 11.8. The van der Waals surface area contributed by atoms with Gasteiger partial charge in [0.1, 0.15) is 0 Å². The second-order valence-electron chi connectivity index (χ2n) is 4.06. The highest BCUT2D eigenvalue weighted by Crippen LogP contribution is 2.25. The third kappa shape index (κ3) is 4.25. The van der Waals surface area contributed by atoms with Gasteiger partial charge < -0.3 is 19.5 Å². The van der Waals surface area contributed by atoms with Crippen LogP contribution in [0.1, 0.15) is 6.92 Å². The van der Waals surface area contributed by atoms with Crippen molar-refractivity contribution in [2.75, 3.05) is 27.3 Å². The highest BCUT2D eigenvalue weighted by molar-refractivity contribution is 5.77. The van der Waals surface area contributed by atoms with Crippen LogP contribution in [0.3, 0.4) is 0 Å². The second-order valence-corrected chi connectivity index (χ2v) is 4.06. The van der Waals surface area contributed by atoms with Crippen molar-refractivity contribution in [2.24, 2.45) is 0 Å². The van der Waals surface area contributed by atoms with E-state index in [1.54, 1.807) is 33.2 Å². The van der Waals surface area contributed by atoms with E-state index in [1.165, 1.54) is 4.90 Å². The van der Waals surface area contributed by atoms with Crippen molar-refractivity contribution in [3.8, 4) is 11.5 Å². The largest absolute Gasteiger partial charge is 0.493 e. The molecule has 1 atom stereocenters. The Labute approximate surface area is 107 Å². The number of methoxy groups -OCH3 is 1. The fraction of sp³-hybridized carbons (Fsp3) is 0.462. The topological polar surface area (TPSA) is 59.0 Å². The number of hydrogen-bond donors (Lipinski definition) is 1. The zero-order chi connectivity index (χ0) is 13.5. The number of likely N-dealkylation sites (N-methyl/N-ethyl adjacent to an activating group) is 1. The number of aliphatic hydroxyl groups excluding tert-OH is 1. The first-order valence-electron chi connectivity index (χ1n) is 5.72. The van der Waals surface area contributed by atoms with Gasteiger partial charge in [-0.05, 0) is 19.1 Å². The Morgan fingerprint density at radius 3 is 2.56 bits per heavy atom. The summed E-state index contributed by atoms with van der Waals surface area (Å²) in [6, 6.07) is 7.13. The van der Waals surface area contributed by atoms with E-state index >= 15 is 0 Å². The molecule has 1 aromatic rings. The van der Waals surface area contributed by atoms with E-state index in [4.69, 9.17) is 9.47 Å². The van der Waals surface area contributed by atoms with Crippen molar-refractivity contribution >= 4 is 5.91 Å². The average molecular weight is 253 g/mol. The first-order valence-corrected chi connectivity index (χ1v) is 5.72. The molecule has 0 aliphatic rings. The molecule has 5 nitrogen and oxygen atoms in total. The Bertz CT molecular complexity index is 392. The van der Waals surface area contributed by atoms with Gasteiger partial charge in [-0.15, -0.1) is 0 Å². The molecular formula is C13H19NO4. The van der Waals surface area contributed by atoms with Gasteiger partial charge in [-0.1, -0.05) is 12.1 Å². The van der Waals surface area contributed by atoms with Gasteiger partial charge >= 0.3 is 0 Å². The molecule has 0 fully saturated rings. The fourth-order valence-corrected chi connectivity index (χ4v) is 1.49. The van der Waals surface area contributed by atoms with Crippen LogP contribution in [0.15, 0.2) is 24.3 Å². The standard InChI is InChI=1S/C13H19NO4/c1-10(15)8-14(2)13(16)9-18-12-7-5-4-6-11(12)17-3/h4-7,10,15H,8-9H2,1-3H3. The van der Waals surface area contributed by atoms with Crippen LogP contribution in [0.4, 0.5) is 0 Å². The molecule has 1 N–H and O–H groups in total. The van der Waals surface area contributed by atoms with Crippen LogP contribution in [0.25, 0.3) is 0 Å². The number of hydrogen-bond acceptors (Lipinski definition) is 4. The molecule has 0 bridgehead atoms. The number of para-hydroxylation sites is 2. The Morgan fingerprint density at radius 1 is 1.39 bits per heavy atom. The van der Waals surface area contributed by atoms with Crippen LogP contribution in [0.2, 0.25) is 0 Å². The van der Waals surface area contributed by atoms with Gasteiger partial charge in [-0.3, -0.25) is 4.79 Å². The van der Waals surface area contributed by atoms with Gasteiger partial charge in [-0.2, -0.15) is 0 Å². The Hall–Kier alpha value is -1.75. The Kier molecular flexibility index (Phi) is 5.45. The molecular weight excluding hydrogens is 234 g/mol. The zero-order valence-corrected chi connectivity index (χ0v) is 10.9. The molecule has 0 saturated carbocycles. The molecule has 5 heteroatoms. The fourth-order valence-electron chi connectivity index (χ4n) is 1.49. The molecule has 1 unspecified atom stereocenters. The molecule has 0 aromatic heterocycles. The number of ether oxygens (including phenoxy) is 2. The van der Waals surface area contributed by atoms with Crippen molar-refractivity contribution in [2.45, 2.75) is 13.0 Å². The number of amides is 1. The van der Waals surface area contributed by atoms with Gasteiger partial charge in [-0.25, -0.2) is 0 Å². The van der Waals surface area contributed by atoms with Crippen LogP contribution >= 0.6 is 0 Å². The summed E-state index contributed by atoms with van der Waals surface area (Å²) in [5, 5.41) is 9.18. The number of carbonyl (C=O) groups is 1. The first-order chi connectivity index (χ1) is 8.54. The minimum atomic E-state index is -0.551. The number of rotatable bonds is 6. The molecule has 0 heterocycles. The third-order valence-electron chi connectivity index (χ3n) is 2.38. The maximum absolute atomic E-state index is 11.7. The molecule has 18 heavy (non-hydrogen) atoms. The maximum atomic E-state index is 11.7. The Morgan fingerprint density at radius 2 is 2.00 bits per heavy atom. The van der Waals surface area contributed by atoms with Crippen molar-refractivity contribution in [3.05, 3.63) is 24.3 Å². The third-order valence-corrected chi connectivity index (χ3v) is 2.38. The van der Waals surface area contributed by atoms with Crippen LogP contribution in [-0.2, 0) is 4.79 Å². The molecule has 0 aliphatic heterocycles. The average Bonchev–Trinajstić information content (AvgIpc) is 2.35. The van der Waals surface area contributed by atoms with E-state index in [9.17, 15) is 9.90 Å². The molecule has 0 saturated heterocycles. The molecule has 100 valence electrons. The van der Waals surface area contributed by atoms with Crippen LogP contribution in [0.5, 0.6) is 11.5 Å². The highest BCUT2D eigenvalue weighted by atomic mass is 16.5. The van der Waals surface area contributed by atoms with E-state index in [1.807, 2.05) is 12.1 Å². The smallest absolute Gasteiger partial charge is 0.260 e. The Balaban J connectivity index is 2.52. The maximum Gasteiger partial charge on any atom is 0.260 e. The van der Waals surface area contributed by atoms with E-state index in [0.29, 0.717) is 11.5 Å². The van der Waals surface area contributed by atoms with Gasteiger partial charge in [0, 0.05) is 13.6 Å². The lowest BCUT2D eigenvalue weighted by atomic mass is 10.3. The summed E-state index contributed by atoms with van der Waals surface area (Å²) in [5.41, 5.74) is 0. The van der Waals surface area contributed by atoms with Crippen LogP contribution in [0, 0.1) is 0 Å². The van der Waals surface area contributed by atoms with E-state index < -0.39 is 6.10 Å². The van der Waals surface area contributed by atoms with Crippen molar-refractivity contribution in [3.63, 3.8) is 0 Å². The minimum absolute atomic E-state index is 0.0798. The molecule has 1 aromatic carbocycles. The van der Waals surface area contributed by atoms with Crippen molar-refractivity contribution < 1.29 is 19.4 Å². The van der Waals surface area contributed by atoms with Gasteiger partial charge in [0.2, 0.25) is 0 Å². The number of carbonyl (C=O) groups excluding carboxylic acids is 1. The monoisotopic (exact) mass is 253 g/mol. The lowest BCUT2D eigenvalue weighted by Gasteiger charge is -2.19. The molecule has 0 aliphatic carbocycles. The lowest BCUT2D eigenvalue weighted by Crippen LogP contribution is -2.36. The summed E-state index contributed by atoms with van der Waals surface area (Å²) in [7, 11) is 3.17. The molecule has 1 amide bonds. The number of benzene rings is 1. The quantitative estimate of drug-likeness (QED) is 0.818. The molecule has 0 spiro atoms. The van der Waals surface area contributed by atoms with Gasteiger partial charge in [0.15, 0.2) is 18.1 Å². The van der Waals surface area contributed by atoms with Gasteiger partial charge in [0.25, 0.3) is 5.91 Å². The molecule has 1 rings (SSSR count). The predicted molar refractivity (Wildman–Crippen MR) is 67.8 cm³/mol. The lowest BCUT2D eigenvalue weighted by molar-refractivity contribution is -0.133. The van der Waals surface area contributed by atoms with Crippen LogP contribution in [-0.4, -0.2) is 49.3 Å². The summed E-state index contributed by atoms with van der Waals surface area (Å²) in [5.74, 6) is 0.920. The number of nitrogens with zero attached hydrogens (tertiary/aromatic N) is 1. The summed E-state index contributed by atoms with van der Waals surface area (Å²) >= 11 is 0. The van der Waals surface area contributed by atoms with Gasteiger partial charge in [0.05, 0.1) is 13.2 Å². The predicted octanol–water partition coefficient (Wildman–Crippen LogP) is 0.913. The van der Waals surface area contributed by atoms with E-state index in [2.05, 4.69) is 0 Å². The van der Waals surface area contributed by atoms with Crippen molar-refractivity contribution in [1.29, 1.82) is 0 Å². The summed E-state index contributed by atoms with van der Waals surface area (Å²) in [6.45, 7) is 1.84. The van der Waals surface area contributed by atoms with E-state index in [0.717, 1.165) is 0 Å². The minimum Gasteiger partial charge on any atom is -0.493 e.